The molecular formula is C9H13N3O2. The van der Waals surface area contributed by atoms with Gasteiger partial charge in [0.2, 0.25) is 0 Å². The summed E-state index contributed by atoms with van der Waals surface area (Å²) in [5.41, 5.74) is 7.62. The maximum atomic E-state index is 10.6. The number of nitro groups is 1. The quantitative estimate of drug-likeness (QED) is 0.441. The highest BCUT2D eigenvalue weighted by atomic mass is 16.6. The zero-order chi connectivity index (χ0) is 10.9. The van der Waals surface area contributed by atoms with Crippen LogP contribution in [0.2, 0.25) is 0 Å². The number of anilines is 2. The predicted molar refractivity (Wildman–Crippen MR) is 56.6 cm³/mol. The molecule has 0 amide bonds. The summed E-state index contributed by atoms with van der Waals surface area (Å²) >= 11 is 0. The van der Waals surface area contributed by atoms with Gasteiger partial charge in [-0.25, -0.2) is 0 Å². The normalized spacial score (nSPS) is 9.93. The first-order chi connectivity index (χ1) is 6.45. The van der Waals surface area contributed by atoms with E-state index in [0.717, 1.165) is 5.69 Å². The van der Waals surface area contributed by atoms with Crippen LogP contribution >= 0.6 is 0 Å². The highest BCUT2D eigenvalue weighted by Crippen LogP contribution is 2.31. The van der Waals surface area contributed by atoms with Gasteiger partial charge in [-0.1, -0.05) is 0 Å². The van der Waals surface area contributed by atoms with E-state index in [-0.39, 0.29) is 5.69 Å². The van der Waals surface area contributed by atoms with Gasteiger partial charge < -0.3 is 10.6 Å². The number of hydrogen-bond donors (Lipinski definition) is 1. The largest absolute Gasteiger partial charge is 0.397 e. The molecule has 0 aliphatic carbocycles. The fourth-order valence-electron chi connectivity index (χ4n) is 1.29. The second-order valence-electron chi connectivity index (χ2n) is 3.29. The lowest BCUT2D eigenvalue weighted by atomic mass is 10.1. The maximum absolute atomic E-state index is 10.6. The molecule has 0 atom stereocenters. The molecule has 5 heteroatoms. The van der Waals surface area contributed by atoms with E-state index < -0.39 is 4.92 Å². The van der Waals surface area contributed by atoms with Crippen molar-refractivity contribution in [2.45, 2.75) is 6.92 Å². The molecule has 2 N–H and O–H groups in total. The Balaban J connectivity index is 3.33. The Kier molecular flexibility index (Phi) is 2.60. The molecule has 5 nitrogen and oxygen atoms in total. The lowest BCUT2D eigenvalue weighted by Crippen LogP contribution is -2.12. The van der Waals surface area contributed by atoms with Crippen molar-refractivity contribution in [1.82, 2.24) is 0 Å². The van der Waals surface area contributed by atoms with Gasteiger partial charge in [0.1, 0.15) is 0 Å². The van der Waals surface area contributed by atoms with Crippen molar-refractivity contribution in [2.75, 3.05) is 24.7 Å². The van der Waals surface area contributed by atoms with Crippen LogP contribution in [0.15, 0.2) is 12.1 Å². The second-order valence-corrected chi connectivity index (χ2v) is 3.29. The van der Waals surface area contributed by atoms with Crippen LogP contribution in [-0.4, -0.2) is 19.0 Å². The molecule has 0 spiro atoms. The predicted octanol–water partition coefficient (Wildman–Crippen LogP) is 1.55. The second kappa shape index (κ2) is 3.53. The SMILES string of the molecule is Cc1c([N+](=O)[O-])ccc(N(C)C)c1N. The minimum atomic E-state index is -0.425. The zero-order valence-electron chi connectivity index (χ0n) is 8.44. The Morgan fingerprint density at radius 1 is 1.43 bits per heavy atom. The summed E-state index contributed by atoms with van der Waals surface area (Å²) < 4.78 is 0. The Bertz CT molecular complexity index is 375. The van der Waals surface area contributed by atoms with Crippen LogP contribution in [0.1, 0.15) is 5.56 Å². The van der Waals surface area contributed by atoms with Crippen LogP contribution in [-0.2, 0) is 0 Å². The number of benzene rings is 1. The molecule has 0 fully saturated rings. The molecule has 0 unspecified atom stereocenters. The minimum Gasteiger partial charge on any atom is -0.397 e. The number of nitrogen functional groups attached to an aromatic ring is 1. The summed E-state index contributed by atoms with van der Waals surface area (Å²) in [4.78, 5) is 12.0. The fourth-order valence-corrected chi connectivity index (χ4v) is 1.29. The van der Waals surface area contributed by atoms with E-state index in [4.69, 9.17) is 5.73 Å². The fraction of sp³-hybridized carbons (Fsp3) is 0.333. The van der Waals surface area contributed by atoms with Crippen molar-refractivity contribution >= 4 is 17.1 Å². The number of hydrogen-bond acceptors (Lipinski definition) is 4. The highest BCUT2D eigenvalue weighted by Gasteiger charge is 2.15. The van der Waals surface area contributed by atoms with E-state index in [1.165, 1.54) is 6.07 Å². The Morgan fingerprint density at radius 3 is 2.43 bits per heavy atom. The van der Waals surface area contributed by atoms with Gasteiger partial charge in [0.05, 0.1) is 21.9 Å². The van der Waals surface area contributed by atoms with Gasteiger partial charge in [-0.3, -0.25) is 10.1 Å². The van der Waals surface area contributed by atoms with E-state index >= 15 is 0 Å². The number of nitro benzene ring substituents is 1. The highest BCUT2D eigenvalue weighted by molar-refractivity contribution is 5.74. The first-order valence-electron chi connectivity index (χ1n) is 4.16. The average Bonchev–Trinajstić information content (AvgIpc) is 2.08. The van der Waals surface area contributed by atoms with Gasteiger partial charge in [-0.2, -0.15) is 0 Å². The van der Waals surface area contributed by atoms with Crippen molar-refractivity contribution in [3.63, 3.8) is 0 Å². The molecule has 1 rings (SSSR count). The van der Waals surface area contributed by atoms with Gasteiger partial charge in [0, 0.05) is 20.2 Å². The van der Waals surface area contributed by atoms with Crippen molar-refractivity contribution in [2.24, 2.45) is 0 Å². The Hall–Kier alpha value is -1.78. The van der Waals surface area contributed by atoms with Crippen LogP contribution in [0, 0.1) is 17.0 Å². The van der Waals surface area contributed by atoms with Gasteiger partial charge in [-0.05, 0) is 13.0 Å². The molecule has 0 aliphatic rings. The molecule has 14 heavy (non-hydrogen) atoms. The topological polar surface area (TPSA) is 72.4 Å². The zero-order valence-corrected chi connectivity index (χ0v) is 8.44. The minimum absolute atomic E-state index is 0.0631. The number of nitrogens with two attached hydrogens (primary N) is 1. The van der Waals surface area contributed by atoms with Gasteiger partial charge >= 0.3 is 0 Å². The van der Waals surface area contributed by atoms with Crippen LogP contribution in [0.3, 0.4) is 0 Å². The van der Waals surface area contributed by atoms with Crippen LogP contribution in [0.5, 0.6) is 0 Å². The summed E-state index contributed by atoms with van der Waals surface area (Å²) in [7, 11) is 3.69. The maximum Gasteiger partial charge on any atom is 0.274 e. The van der Waals surface area contributed by atoms with Crippen molar-refractivity contribution in [3.05, 3.63) is 27.8 Å². The Labute approximate surface area is 82.3 Å². The standard InChI is InChI=1S/C9H13N3O2/c1-6-7(12(13)14)4-5-8(9(6)10)11(2)3/h4-5H,10H2,1-3H3. The molecule has 76 valence electrons. The Morgan fingerprint density at radius 2 is 2.00 bits per heavy atom. The third-order valence-corrected chi connectivity index (χ3v) is 2.14. The van der Waals surface area contributed by atoms with E-state index in [2.05, 4.69) is 0 Å². The summed E-state index contributed by atoms with van der Waals surface area (Å²) in [6, 6.07) is 3.13. The van der Waals surface area contributed by atoms with Gasteiger partial charge in [0.25, 0.3) is 5.69 Å². The molecule has 0 saturated heterocycles. The lowest BCUT2D eigenvalue weighted by Gasteiger charge is -2.16. The van der Waals surface area contributed by atoms with Crippen LogP contribution in [0.4, 0.5) is 17.1 Å². The summed E-state index contributed by atoms with van der Waals surface area (Å²) in [5.74, 6) is 0. The van der Waals surface area contributed by atoms with Gasteiger partial charge in [-0.15, -0.1) is 0 Å². The smallest absolute Gasteiger partial charge is 0.274 e. The summed E-state index contributed by atoms with van der Waals surface area (Å²) in [6.07, 6.45) is 0. The summed E-state index contributed by atoms with van der Waals surface area (Å²) in [6.45, 7) is 1.65. The molecule has 0 heterocycles. The molecule has 1 aromatic rings. The summed E-state index contributed by atoms with van der Waals surface area (Å²) in [5, 5.41) is 10.6. The lowest BCUT2D eigenvalue weighted by molar-refractivity contribution is -0.385. The molecular weight excluding hydrogens is 182 g/mol. The third kappa shape index (κ3) is 1.61. The van der Waals surface area contributed by atoms with Crippen molar-refractivity contribution in [1.29, 1.82) is 0 Å². The molecule has 0 saturated carbocycles. The number of rotatable bonds is 2. The van der Waals surface area contributed by atoms with Crippen molar-refractivity contribution in [3.8, 4) is 0 Å². The average molecular weight is 195 g/mol. The molecule has 1 aromatic carbocycles. The van der Waals surface area contributed by atoms with E-state index in [0.29, 0.717) is 11.3 Å². The number of nitrogens with zero attached hydrogens (tertiary/aromatic N) is 2. The van der Waals surface area contributed by atoms with Crippen LogP contribution in [0.25, 0.3) is 0 Å². The first-order valence-corrected chi connectivity index (χ1v) is 4.16. The first kappa shape index (κ1) is 10.3. The van der Waals surface area contributed by atoms with Gasteiger partial charge in [0.15, 0.2) is 0 Å². The molecule has 0 aromatic heterocycles. The van der Waals surface area contributed by atoms with E-state index in [1.807, 2.05) is 19.0 Å². The van der Waals surface area contributed by atoms with Crippen molar-refractivity contribution < 1.29 is 4.92 Å². The molecule has 0 aliphatic heterocycles. The monoisotopic (exact) mass is 195 g/mol. The molecule has 0 bridgehead atoms. The van der Waals surface area contributed by atoms with E-state index in [9.17, 15) is 10.1 Å². The molecule has 0 radical (unpaired) electrons. The van der Waals surface area contributed by atoms with E-state index in [1.54, 1.807) is 13.0 Å². The van der Waals surface area contributed by atoms with Crippen LogP contribution < -0.4 is 10.6 Å². The third-order valence-electron chi connectivity index (χ3n) is 2.14.